The Balaban J connectivity index is 1.77. The molecule has 2 saturated heterocycles. The van der Waals surface area contributed by atoms with Gasteiger partial charge in [-0.05, 0) is 43.4 Å². The Kier molecular flexibility index (Phi) is 3.22. The number of anilines is 1. The lowest BCUT2D eigenvalue weighted by Gasteiger charge is -2.37. The third-order valence-electron chi connectivity index (χ3n) is 4.29. The molecular weight excluding hydrogens is 248 g/mol. The molecule has 1 aromatic carbocycles. The second-order valence-electron chi connectivity index (χ2n) is 5.53. The Bertz CT molecular complexity index is 437. The van der Waals surface area contributed by atoms with Crippen LogP contribution in [0.2, 0.25) is 5.02 Å². The summed E-state index contributed by atoms with van der Waals surface area (Å²) >= 11 is 6.24. The molecule has 18 heavy (non-hydrogen) atoms. The van der Waals surface area contributed by atoms with Gasteiger partial charge in [0.15, 0.2) is 0 Å². The minimum absolute atomic E-state index is 0.111. The van der Waals surface area contributed by atoms with E-state index in [-0.39, 0.29) is 6.10 Å². The van der Waals surface area contributed by atoms with Gasteiger partial charge in [0.05, 0.1) is 6.10 Å². The zero-order valence-electron chi connectivity index (χ0n) is 10.3. The van der Waals surface area contributed by atoms with Gasteiger partial charge in [0.25, 0.3) is 0 Å². The predicted molar refractivity (Wildman–Crippen MR) is 73.5 cm³/mol. The molecule has 2 aliphatic rings. The highest BCUT2D eigenvalue weighted by Crippen LogP contribution is 2.37. The molecule has 2 unspecified atom stereocenters. The van der Waals surface area contributed by atoms with Crippen LogP contribution in [-0.4, -0.2) is 28.2 Å². The molecule has 2 heterocycles. The van der Waals surface area contributed by atoms with Gasteiger partial charge in [-0.3, -0.25) is 4.90 Å². The molecule has 0 aliphatic carbocycles. The molecule has 2 atom stereocenters. The highest BCUT2D eigenvalue weighted by atomic mass is 35.5. The van der Waals surface area contributed by atoms with Crippen LogP contribution in [0.1, 0.15) is 31.2 Å². The van der Waals surface area contributed by atoms with Crippen molar-refractivity contribution in [3.05, 3.63) is 28.8 Å². The number of piperidine rings is 1. The normalized spacial score (nSPS) is 31.8. The molecule has 0 spiro atoms. The lowest BCUT2D eigenvalue weighted by atomic mass is 9.99. The first-order valence-electron chi connectivity index (χ1n) is 6.61. The number of aliphatic hydroxyl groups excluding tert-OH is 1. The molecule has 4 heteroatoms. The molecule has 3 rings (SSSR count). The maximum Gasteiger partial charge on any atom is 0.0570 e. The maximum atomic E-state index is 9.80. The van der Waals surface area contributed by atoms with Crippen LogP contribution >= 0.6 is 11.6 Å². The molecule has 3 nitrogen and oxygen atoms in total. The highest BCUT2D eigenvalue weighted by Gasteiger charge is 2.39. The number of nitrogens with two attached hydrogens (primary N) is 1. The fraction of sp³-hybridized carbons (Fsp3) is 0.571. The number of hydrogen-bond donors (Lipinski definition) is 2. The van der Waals surface area contributed by atoms with E-state index < -0.39 is 0 Å². The maximum absolute atomic E-state index is 9.80. The van der Waals surface area contributed by atoms with Crippen molar-refractivity contribution in [2.45, 2.75) is 50.4 Å². The summed E-state index contributed by atoms with van der Waals surface area (Å²) in [5, 5.41) is 10.5. The average molecular weight is 267 g/mol. The summed E-state index contributed by atoms with van der Waals surface area (Å²) in [6, 6.07) is 6.78. The predicted octanol–water partition coefficient (Wildman–Crippen LogP) is 2.41. The second kappa shape index (κ2) is 4.72. The van der Waals surface area contributed by atoms with Crippen LogP contribution in [0.25, 0.3) is 0 Å². The van der Waals surface area contributed by atoms with Gasteiger partial charge in [-0.15, -0.1) is 0 Å². The zero-order chi connectivity index (χ0) is 12.7. The van der Waals surface area contributed by atoms with Crippen LogP contribution in [0.4, 0.5) is 5.69 Å². The van der Waals surface area contributed by atoms with Crippen molar-refractivity contribution in [2.75, 3.05) is 5.73 Å². The molecule has 3 N–H and O–H groups in total. The molecule has 1 aromatic rings. The Morgan fingerprint density at radius 3 is 2.56 bits per heavy atom. The first-order chi connectivity index (χ1) is 8.63. The van der Waals surface area contributed by atoms with Gasteiger partial charge in [-0.1, -0.05) is 17.7 Å². The molecular formula is C14H19ClN2O. The van der Waals surface area contributed by atoms with E-state index in [1.807, 2.05) is 18.2 Å². The van der Waals surface area contributed by atoms with Gasteiger partial charge in [0, 0.05) is 29.3 Å². The summed E-state index contributed by atoms with van der Waals surface area (Å²) in [5.74, 6) is 0. The van der Waals surface area contributed by atoms with Crippen molar-refractivity contribution >= 4 is 17.3 Å². The minimum Gasteiger partial charge on any atom is -0.399 e. The second-order valence-corrected chi connectivity index (χ2v) is 5.94. The molecule has 0 aromatic heterocycles. The smallest absolute Gasteiger partial charge is 0.0570 e. The van der Waals surface area contributed by atoms with Gasteiger partial charge in [0.2, 0.25) is 0 Å². The SMILES string of the molecule is Nc1ccc(CN2C3CCC2CC(O)C3)c(Cl)c1. The number of nitrogens with zero attached hydrogens (tertiary/aromatic N) is 1. The van der Waals surface area contributed by atoms with Crippen LogP contribution in [0.15, 0.2) is 18.2 Å². The monoisotopic (exact) mass is 266 g/mol. The fourth-order valence-corrected chi connectivity index (χ4v) is 3.64. The van der Waals surface area contributed by atoms with Crippen molar-refractivity contribution < 1.29 is 5.11 Å². The van der Waals surface area contributed by atoms with Crippen LogP contribution in [-0.2, 0) is 6.54 Å². The number of aliphatic hydroxyl groups is 1. The summed E-state index contributed by atoms with van der Waals surface area (Å²) in [6.45, 7) is 0.876. The summed E-state index contributed by atoms with van der Waals surface area (Å²) in [4.78, 5) is 2.50. The first-order valence-corrected chi connectivity index (χ1v) is 6.99. The summed E-state index contributed by atoms with van der Waals surface area (Å²) in [6.07, 6.45) is 4.11. The summed E-state index contributed by atoms with van der Waals surface area (Å²) in [5.41, 5.74) is 7.56. The number of rotatable bonds is 2. The third kappa shape index (κ3) is 2.22. The van der Waals surface area contributed by atoms with E-state index in [0.717, 1.165) is 30.0 Å². The molecule has 98 valence electrons. The minimum atomic E-state index is -0.111. The van der Waals surface area contributed by atoms with Crippen LogP contribution in [0.3, 0.4) is 0 Å². The van der Waals surface area contributed by atoms with E-state index in [2.05, 4.69) is 4.90 Å². The van der Waals surface area contributed by atoms with E-state index >= 15 is 0 Å². The van der Waals surface area contributed by atoms with Crippen LogP contribution in [0.5, 0.6) is 0 Å². The summed E-state index contributed by atoms with van der Waals surface area (Å²) in [7, 11) is 0. The van der Waals surface area contributed by atoms with Crippen molar-refractivity contribution in [1.82, 2.24) is 4.90 Å². The average Bonchev–Trinajstić information content (AvgIpc) is 2.56. The van der Waals surface area contributed by atoms with Crippen LogP contribution in [0, 0.1) is 0 Å². The van der Waals surface area contributed by atoms with Gasteiger partial charge >= 0.3 is 0 Å². The largest absolute Gasteiger partial charge is 0.399 e. The number of benzene rings is 1. The lowest BCUT2D eigenvalue weighted by molar-refractivity contribution is 0.0310. The van der Waals surface area contributed by atoms with Gasteiger partial charge in [-0.2, -0.15) is 0 Å². The van der Waals surface area contributed by atoms with Crippen molar-refractivity contribution in [3.63, 3.8) is 0 Å². The van der Waals surface area contributed by atoms with Crippen molar-refractivity contribution in [1.29, 1.82) is 0 Å². The Hall–Kier alpha value is -0.770. The molecule has 0 saturated carbocycles. The molecule has 2 aliphatic heterocycles. The molecule has 0 amide bonds. The molecule has 0 radical (unpaired) electrons. The number of nitrogen functional groups attached to an aromatic ring is 1. The third-order valence-corrected chi connectivity index (χ3v) is 4.64. The lowest BCUT2D eigenvalue weighted by Crippen LogP contribution is -2.44. The highest BCUT2D eigenvalue weighted by molar-refractivity contribution is 6.31. The zero-order valence-corrected chi connectivity index (χ0v) is 11.1. The standard InChI is InChI=1S/C14H19ClN2O/c15-14-5-10(16)2-1-9(14)8-17-11-3-4-12(17)7-13(18)6-11/h1-2,5,11-13,18H,3-4,6-8,16H2. The van der Waals surface area contributed by atoms with E-state index in [4.69, 9.17) is 17.3 Å². The van der Waals surface area contributed by atoms with E-state index in [1.165, 1.54) is 12.8 Å². The molecule has 2 fully saturated rings. The quantitative estimate of drug-likeness (QED) is 0.809. The number of fused-ring (bicyclic) bond motifs is 2. The van der Waals surface area contributed by atoms with Gasteiger partial charge in [0.1, 0.15) is 0 Å². The Morgan fingerprint density at radius 1 is 1.28 bits per heavy atom. The van der Waals surface area contributed by atoms with Crippen molar-refractivity contribution in [2.24, 2.45) is 0 Å². The van der Waals surface area contributed by atoms with E-state index in [1.54, 1.807) is 0 Å². The van der Waals surface area contributed by atoms with Gasteiger partial charge in [-0.25, -0.2) is 0 Å². The number of halogens is 1. The number of hydrogen-bond acceptors (Lipinski definition) is 3. The van der Waals surface area contributed by atoms with E-state index in [9.17, 15) is 5.11 Å². The van der Waals surface area contributed by atoms with E-state index in [0.29, 0.717) is 17.8 Å². The first kappa shape index (κ1) is 12.3. The molecule has 2 bridgehead atoms. The van der Waals surface area contributed by atoms with Crippen molar-refractivity contribution in [3.8, 4) is 0 Å². The topological polar surface area (TPSA) is 49.5 Å². The Labute approximate surface area is 113 Å². The summed E-state index contributed by atoms with van der Waals surface area (Å²) < 4.78 is 0. The fourth-order valence-electron chi connectivity index (χ4n) is 3.39. The van der Waals surface area contributed by atoms with Crippen LogP contribution < -0.4 is 5.73 Å². The Morgan fingerprint density at radius 2 is 1.94 bits per heavy atom. The van der Waals surface area contributed by atoms with Gasteiger partial charge < -0.3 is 10.8 Å².